The molecule has 1 fully saturated rings. The van der Waals surface area contributed by atoms with Crippen molar-refractivity contribution in [2.75, 3.05) is 38.7 Å². The SMILES string of the molecule is CCOc1ccc(N(CC(=O)N(C)C2CCCC2)S(=O)(=O)c2ccc(OC)c(OC)c2)cc1. The second-order valence-corrected chi connectivity index (χ2v) is 9.76. The van der Waals surface area contributed by atoms with Crippen molar-refractivity contribution in [1.29, 1.82) is 0 Å². The number of nitrogens with zero attached hydrogens (tertiary/aromatic N) is 2. The van der Waals surface area contributed by atoms with E-state index in [0.29, 0.717) is 29.5 Å². The van der Waals surface area contributed by atoms with Crippen LogP contribution >= 0.6 is 0 Å². The number of benzene rings is 2. The standard InChI is InChI=1S/C24H32N2O6S/c1-5-32-20-12-10-19(11-13-20)26(17-24(27)25(2)18-8-6-7-9-18)33(28,29)21-14-15-22(30-3)23(16-21)31-4/h10-16,18H,5-9,17H2,1-4H3. The topological polar surface area (TPSA) is 85.4 Å². The second-order valence-electron chi connectivity index (χ2n) is 7.90. The Morgan fingerprint density at radius 2 is 1.64 bits per heavy atom. The van der Waals surface area contributed by atoms with Crippen LogP contribution in [0, 0.1) is 0 Å². The summed E-state index contributed by atoms with van der Waals surface area (Å²) in [6, 6.07) is 11.2. The average molecular weight is 477 g/mol. The van der Waals surface area contributed by atoms with E-state index < -0.39 is 10.0 Å². The third-order valence-electron chi connectivity index (χ3n) is 5.92. The van der Waals surface area contributed by atoms with Crippen molar-refractivity contribution >= 4 is 21.6 Å². The molecule has 180 valence electrons. The van der Waals surface area contributed by atoms with Crippen molar-refractivity contribution in [2.45, 2.75) is 43.5 Å². The van der Waals surface area contributed by atoms with E-state index in [1.807, 2.05) is 6.92 Å². The fourth-order valence-corrected chi connectivity index (χ4v) is 5.45. The number of rotatable bonds is 10. The van der Waals surface area contributed by atoms with Crippen molar-refractivity contribution in [3.05, 3.63) is 42.5 Å². The fraction of sp³-hybridized carbons (Fsp3) is 0.458. The van der Waals surface area contributed by atoms with E-state index in [2.05, 4.69) is 0 Å². The fourth-order valence-electron chi connectivity index (χ4n) is 4.02. The van der Waals surface area contributed by atoms with Crippen molar-refractivity contribution in [2.24, 2.45) is 0 Å². The van der Waals surface area contributed by atoms with Crippen molar-refractivity contribution < 1.29 is 27.4 Å². The van der Waals surface area contributed by atoms with E-state index in [1.165, 1.54) is 32.4 Å². The first-order valence-corrected chi connectivity index (χ1v) is 12.5. The van der Waals surface area contributed by atoms with Crippen LogP contribution in [0.15, 0.2) is 47.4 Å². The lowest BCUT2D eigenvalue weighted by Gasteiger charge is -2.29. The van der Waals surface area contributed by atoms with Crippen LogP contribution in [0.3, 0.4) is 0 Å². The van der Waals surface area contributed by atoms with Gasteiger partial charge in [0, 0.05) is 19.2 Å². The van der Waals surface area contributed by atoms with Crippen LogP contribution < -0.4 is 18.5 Å². The number of hydrogen-bond acceptors (Lipinski definition) is 6. The van der Waals surface area contributed by atoms with E-state index in [9.17, 15) is 13.2 Å². The summed E-state index contributed by atoms with van der Waals surface area (Å²) < 4.78 is 44.6. The zero-order chi connectivity index (χ0) is 24.0. The van der Waals surface area contributed by atoms with Crippen LogP contribution in [-0.4, -0.2) is 59.7 Å². The maximum absolute atomic E-state index is 13.7. The molecule has 1 amide bonds. The minimum atomic E-state index is -4.08. The highest BCUT2D eigenvalue weighted by Crippen LogP contribution is 2.33. The Kier molecular flexibility index (Phi) is 8.07. The molecule has 0 N–H and O–H groups in total. The van der Waals surface area contributed by atoms with Gasteiger partial charge < -0.3 is 19.1 Å². The van der Waals surface area contributed by atoms with Crippen molar-refractivity contribution in [3.8, 4) is 17.2 Å². The monoisotopic (exact) mass is 476 g/mol. The molecule has 33 heavy (non-hydrogen) atoms. The Labute approximate surface area is 196 Å². The van der Waals surface area contributed by atoms with Gasteiger partial charge in [0.05, 0.1) is 31.4 Å². The lowest BCUT2D eigenvalue weighted by atomic mass is 10.2. The predicted molar refractivity (Wildman–Crippen MR) is 127 cm³/mol. The van der Waals surface area contributed by atoms with E-state index in [1.54, 1.807) is 36.2 Å². The molecule has 2 aromatic rings. The van der Waals surface area contributed by atoms with Gasteiger partial charge in [-0.15, -0.1) is 0 Å². The zero-order valence-corrected chi connectivity index (χ0v) is 20.4. The lowest BCUT2D eigenvalue weighted by Crippen LogP contribution is -2.44. The highest BCUT2D eigenvalue weighted by Gasteiger charge is 2.31. The first kappa shape index (κ1) is 24.7. The lowest BCUT2D eigenvalue weighted by molar-refractivity contribution is -0.130. The molecule has 2 aromatic carbocycles. The number of methoxy groups -OCH3 is 2. The van der Waals surface area contributed by atoms with Gasteiger partial charge >= 0.3 is 0 Å². The molecule has 0 atom stereocenters. The molecule has 0 unspecified atom stereocenters. The quantitative estimate of drug-likeness (QED) is 0.520. The van der Waals surface area contributed by atoms with Crippen LogP contribution in [0.2, 0.25) is 0 Å². The molecule has 3 rings (SSSR count). The van der Waals surface area contributed by atoms with Crippen LogP contribution in [0.1, 0.15) is 32.6 Å². The molecule has 9 heteroatoms. The van der Waals surface area contributed by atoms with Gasteiger partial charge in [0.2, 0.25) is 5.91 Å². The van der Waals surface area contributed by atoms with E-state index in [0.717, 1.165) is 30.0 Å². The Balaban J connectivity index is 1.98. The molecule has 0 radical (unpaired) electrons. The largest absolute Gasteiger partial charge is 0.494 e. The summed E-state index contributed by atoms with van der Waals surface area (Å²) in [7, 11) is 0.593. The van der Waals surface area contributed by atoms with Gasteiger partial charge in [0.25, 0.3) is 10.0 Å². The summed E-state index contributed by atoms with van der Waals surface area (Å²) >= 11 is 0. The number of amides is 1. The van der Waals surface area contributed by atoms with Gasteiger partial charge in [-0.1, -0.05) is 12.8 Å². The van der Waals surface area contributed by atoms with Gasteiger partial charge in [-0.2, -0.15) is 0 Å². The number of carbonyl (C=O) groups excluding carboxylic acids is 1. The highest BCUT2D eigenvalue weighted by molar-refractivity contribution is 7.92. The predicted octanol–water partition coefficient (Wildman–Crippen LogP) is 3.70. The molecule has 1 saturated carbocycles. The third-order valence-corrected chi connectivity index (χ3v) is 7.69. The number of likely N-dealkylation sites (N-methyl/N-ethyl adjacent to an activating group) is 1. The summed E-state index contributed by atoms with van der Waals surface area (Å²) in [4.78, 5) is 14.8. The number of sulfonamides is 1. The Morgan fingerprint density at radius 3 is 2.21 bits per heavy atom. The van der Waals surface area contributed by atoms with Crippen LogP contribution in [-0.2, 0) is 14.8 Å². The summed E-state index contributed by atoms with van der Waals surface area (Å²) in [5, 5.41) is 0. The first-order chi connectivity index (χ1) is 15.8. The van der Waals surface area contributed by atoms with E-state index in [-0.39, 0.29) is 23.4 Å². The van der Waals surface area contributed by atoms with Crippen LogP contribution in [0.25, 0.3) is 0 Å². The summed E-state index contributed by atoms with van der Waals surface area (Å²) in [6.45, 7) is 2.06. The molecule has 1 aliphatic carbocycles. The summed E-state index contributed by atoms with van der Waals surface area (Å²) in [5.74, 6) is 1.08. The van der Waals surface area contributed by atoms with Crippen LogP contribution in [0.5, 0.6) is 17.2 Å². The van der Waals surface area contributed by atoms with Gasteiger partial charge in [0.1, 0.15) is 12.3 Å². The van der Waals surface area contributed by atoms with Gasteiger partial charge in [-0.05, 0) is 56.2 Å². The van der Waals surface area contributed by atoms with Crippen molar-refractivity contribution in [3.63, 3.8) is 0 Å². The zero-order valence-electron chi connectivity index (χ0n) is 19.6. The maximum Gasteiger partial charge on any atom is 0.264 e. The Bertz CT molecular complexity index is 1050. The van der Waals surface area contributed by atoms with Gasteiger partial charge in [0.15, 0.2) is 11.5 Å². The minimum absolute atomic E-state index is 0.00496. The molecular weight excluding hydrogens is 444 g/mol. The summed E-state index contributed by atoms with van der Waals surface area (Å²) in [6.07, 6.45) is 4.03. The molecule has 1 aliphatic rings. The second kappa shape index (κ2) is 10.8. The third kappa shape index (κ3) is 5.52. The summed E-state index contributed by atoms with van der Waals surface area (Å²) in [5.41, 5.74) is 0.376. The van der Waals surface area contributed by atoms with E-state index >= 15 is 0 Å². The Morgan fingerprint density at radius 1 is 1.00 bits per heavy atom. The Hall–Kier alpha value is -2.94. The highest BCUT2D eigenvalue weighted by atomic mass is 32.2. The number of ether oxygens (including phenoxy) is 3. The molecule has 0 aromatic heterocycles. The molecule has 8 nitrogen and oxygen atoms in total. The van der Waals surface area contributed by atoms with E-state index in [4.69, 9.17) is 14.2 Å². The van der Waals surface area contributed by atoms with Crippen molar-refractivity contribution in [1.82, 2.24) is 4.90 Å². The normalized spacial score (nSPS) is 14.1. The molecule has 0 heterocycles. The molecular formula is C24H32N2O6S. The van der Waals surface area contributed by atoms with Crippen LogP contribution in [0.4, 0.5) is 5.69 Å². The average Bonchev–Trinajstić information content (AvgIpc) is 3.37. The minimum Gasteiger partial charge on any atom is -0.494 e. The smallest absolute Gasteiger partial charge is 0.264 e. The number of anilines is 1. The molecule has 0 saturated heterocycles. The molecule has 0 aliphatic heterocycles. The maximum atomic E-state index is 13.7. The molecule has 0 spiro atoms. The van der Waals surface area contributed by atoms with Gasteiger partial charge in [-0.25, -0.2) is 8.42 Å². The first-order valence-electron chi connectivity index (χ1n) is 11.0. The van der Waals surface area contributed by atoms with Gasteiger partial charge in [-0.3, -0.25) is 9.10 Å². The number of carbonyl (C=O) groups is 1. The molecule has 0 bridgehead atoms. The number of hydrogen-bond donors (Lipinski definition) is 0.